The van der Waals surface area contributed by atoms with Crippen LogP contribution in [0.25, 0.3) is 31.3 Å². The van der Waals surface area contributed by atoms with Crippen molar-refractivity contribution in [1.29, 1.82) is 0 Å². The van der Waals surface area contributed by atoms with E-state index < -0.39 is 11.8 Å². The molecule has 0 bridgehead atoms. The Bertz CT molecular complexity index is 1340. The highest BCUT2D eigenvalue weighted by atomic mass is 32.1. The molecule has 0 aliphatic carbocycles. The van der Waals surface area contributed by atoms with Crippen LogP contribution in [0, 0.1) is 0 Å². The molecule has 0 atom stereocenters. The predicted octanol–water partition coefficient (Wildman–Crippen LogP) is 2.86. The molecule has 0 radical (unpaired) electrons. The highest BCUT2D eigenvalue weighted by Gasteiger charge is 2.16. The van der Waals surface area contributed by atoms with Crippen LogP contribution in [0.5, 0.6) is 0 Å². The summed E-state index contributed by atoms with van der Waals surface area (Å²) in [5.41, 5.74) is 19.0. The van der Waals surface area contributed by atoms with Gasteiger partial charge in [0.15, 0.2) is 5.43 Å². The molecule has 0 fully saturated rings. The van der Waals surface area contributed by atoms with E-state index in [0.29, 0.717) is 42.6 Å². The Labute approximate surface area is 163 Å². The molecule has 0 aliphatic heterocycles. The van der Waals surface area contributed by atoms with E-state index in [4.69, 9.17) is 17.2 Å². The maximum Gasteiger partial charge on any atom is 0.248 e. The third-order valence-electron chi connectivity index (χ3n) is 4.57. The molecule has 6 N–H and O–H groups in total. The van der Waals surface area contributed by atoms with E-state index in [9.17, 15) is 14.4 Å². The lowest BCUT2D eigenvalue weighted by atomic mass is 9.97. The van der Waals surface area contributed by atoms with E-state index in [0.717, 1.165) is 5.56 Å². The minimum Gasteiger partial charge on any atom is -0.399 e. The predicted molar refractivity (Wildman–Crippen MR) is 112 cm³/mol. The normalized spacial score (nSPS) is 11.0. The minimum atomic E-state index is -0.593. The van der Waals surface area contributed by atoms with Gasteiger partial charge in [-0.25, -0.2) is 0 Å². The summed E-state index contributed by atoms with van der Waals surface area (Å²) in [5, 5.41) is 0.963. The lowest BCUT2D eigenvalue weighted by Gasteiger charge is -2.10. The fraction of sp³-hybridized carbons (Fsp3) is 0. The largest absolute Gasteiger partial charge is 0.399 e. The molecule has 0 saturated heterocycles. The van der Waals surface area contributed by atoms with Crippen molar-refractivity contribution in [2.45, 2.75) is 0 Å². The highest BCUT2D eigenvalue weighted by Crippen LogP contribution is 2.34. The molecule has 0 spiro atoms. The third-order valence-corrected chi connectivity index (χ3v) is 5.67. The number of benzene rings is 3. The number of carbonyl (C=O) groups is 2. The van der Waals surface area contributed by atoms with Gasteiger partial charge in [0, 0.05) is 37.0 Å². The van der Waals surface area contributed by atoms with Crippen molar-refractivity contribution in [1.82, 2.24) is 0 Å². The van der Waals surface area contributed by atoms with Crippen molar-refractivity contribution in [3.63, 3.8) is 0 Å². The van der Waals surface area contributed by atoms with Crippen LogP contribution in [-0.4, -0.2) is 11.8 Å². The van der Waals surface area contributed by atoms with E-state index in [-0.39, 0.29) is 5.43 Å². The van der Waals surface area contributed by atoms with Gasteiger partial charge < -0.3 is 17.2 Å². The molecular formula is C21H15N3O3S. The monoisotopic (exact) mass is 389 g/mol. The van der Waals surface area contributed by atoms with E-state index in [2.05, 4.69) is 0 Å². The van der Waals surface area contributed by atoms with E-state index >= 15 is 0 Å². The van der Waals surface area contributed by atoms with Gasteiger partial charge in [0.25, 0.3) is 0 Å². The number of primary amides is 2. The van der Waals surface area contributed by atoms with E-state index in [1.54, 1.807) is 48.5 Å². The molecule has 4 rings (SSSR count). The summed E-state index contributed by atoms with van der Waals surface area (Å²) in [6.07, 6.45) is 0. The molecule has 0 unspecified atom stereocenters. The zero-order valence-electron chi connectivity index (χ0n) is 14.6. The van der Waals surface area contributed by atoms with Gasteiger partial charge in [-0.2, -0.15) is 0 Å². The molecule has 1 aromatic heterocycles. The standard InChI is InChI=1S/C21H15N3O3S/c22-13-4-1-10(2-5-13)15-7-12(21(24)27)9-17-18(15)19(25)14-6-3-11(20(23)26)8-16(14)28-17/h1-9H,22H2,(H2,23,26)(H2,24,27). The third kappa shape index (κ3) is 2.87. The number of hydrogen-bond donors (Lipinski definition) is 3. The molecule has 0 aliphatic rings. The number of nitrogens with two attached hydrogens (primary N) is 3. The summed E-state index contributed by atoms with van der Waals surface area (Å²) in [6.45, 7) is 0. The first-order valence-electron chi connectivity index (χ1n) is 8.35. The first-order valence-corrected chi connectivity index (χ1v) is 9.17. The summed E-state index contributed by atoms with van der Waals surface area (Å²) in [5.74, 6) is -1.17. The Kier molecular flexibility index (Phi) is 4.09. The molecule has 6 nitrogen and oxygen atoms in total. The zero-order chi connectivity index (χ0) is 20.0. The van der Waals surface area contributed by atoms with Gasteiger partial charge >= 0.3 is 0 Å². The SMILES string of the molecule is NC(=O)c1ccc2c(=O)c3c(-c4ccc(N)cc4)cc(C(N)=O)cc3sc2c1. The number of fused-ring (bicyclic) bond motifs is 2. The summed E-state index contributed by atoms with van der Waals surface area (Å²) in [6, 6.07) is 15.0. The van der Waals surface area contributed by atoms with Gasteiger partial charge in [-0.1, -0.05) is 12.1 Å². The Morgan fingerprint density at radius 2 is 1.43 bits per heavy atom. The van der Waals surface area contributed by atoms with Crippen molar-refractivity contribution in [2.75, 3.05) is 5.73 Å². The molecule has 2 amide bonds. The van der Waals surface area contributed by atoms with Crippen LogP contribution in [-0.2, 0) is 0 Å². The number of nitrogen functional groups attached to an aromatic ring is 1. The number of anilines is 1. The van der Waals surface area contributed by atoms with Crippen LogP contribution < -0.4 is 22.6 Å². The smallest absolute Gasteiger partial charge is 0.248 e. The Balaban J connectivity index is 2.14. The van der Waals surface area contributed by atoms with E-state index in [1.807, 2.05) is 0 Å². The van der Waals surface area contributed by atoms with Crippen LogP contribution in [0.3, 0.4) is 0 Å². The number of amides is 2. The summed E-state index contributed by atoms with van der Waals surface area (Å²) in [7, 11) is 0. The minimum absolute atomic E-state index is 0.192. The van der Waals surface area contributed by atoms with Gasteiger partial charge in [0.1, 0.15) is 0 Å². The Hall–Kier alpha value is -3.71. The van der Waals surface area contributed by atoms with Crippen LogP contribution in [0.2, 0.25) is 0 Å². The second kappa shape index (κ2) is 6.47. The molecule has 4 aromatic rings. The Morgan fingerprint density at radius 3 is 2.07 bits per heavy atom. The van der Waals surface area contributed by atoms with Crippen LogP contribution >= 0.6 is 11.3 Å². The molecule has 7 heteroatoms. The summed E-state index contributed by atoms with van der Waals surface area (Å²) >= 11 is 1.30. The maximum atomic E-state index is 13.3. The molecule has 0 saturated carbocycles. The number of carbonyl (C=O) groups excluding carboxylic acids is 2. The van der Waals surface area contributed by atoms with Gasteiger partial charge in [-0.05, 0) is 53.6 Å². The van der Waals surface area contributed by atoms with Crippen LogP contribution in [0.1, 0.15) is 20.7 Å². The lowest BCUT2D eigenvalue weighted by Crippen LogP contribution is -2.13. The molecular weight excluding hydrogens is 374 g/mol. The quantitative estimate of drug-likeness (QED) is 0.367. The average molecular weight is 389 g/mol. The van der Waals surface area contributed by atoms with Crippen LogP contribution in [0.15, 0.2) is 59.4 Å². The van der Waals surface area contributed by atoms with Gasteiger partial charge in [0.2, 0.25) is 11.8 Å². The van der Waals surface area contributed by atoms with Crippen LogP contribution in [0.4, 0.5) is 5.69 Å². The van der Waals surface area contributed by atoms with Crippen molar-refractivity contribution in [2.24, 2.45) is 11.5 Å². The van der Waals surface area contributed by atoms with Crippen molar-refractivity contribution >= 4 is 49.0 Å². The number of hydrogen-bond acceptors (Lipinski definition) is 5. The fourth-order valence-electron chi connectivity index (χ4n) is 3.16. The summed E-state index contributed by atoms with van der Waals surface area (Å²) in [4.78, 5) is 36.6. The first-order chi connectivity index (χ1) is 13.3. The molecule has 1 heterocycles. The summed E-state index contributed by atoms with van der Waals surface area (Å²) < 4.78 is 1.21. The van der Waals surface area contributed by atoms with Gasteiger partial charge in [0.05, 0.1) is 0 Å². The number of rotatable bonds is 3. The first kappa shape index (κ1) is 17.7. The topological polar surface area (TPSA) is 129 Å². The zero-order valence-corrected chi connectivity index (χ0v) is 15.4. The molecule has 3 aromatic carbocycles. The average Bonchev–Trinajstić information content (AvgIpc) is 2.67. The fourth-order valence-corrected chi connectivity index (χ4v) is 4.35. The maximum absolute atomic E-state index is 13.3. The lowest BCUT2D eigenvalue weighted by molar-refractivity contribution is 0.0992. The van der Waals surface area contributed by atoms with Crippen molar-refractivity contribution in [3.05, 3.63) is 75.9 Å². The highest BCUT2D eigenvalue weighted by molar-refractivity contribution is 7.24. The Morgan fingerprint density at radius 1 is 0.786 bits per heavy atom. The van der Waals surface area contributed by atoms with Gasteiger partial charge in [-0.3, -0.25) is 14.4 Å². The second-order valence-corrected chi connectivity index (χ2v) is 7.47. The van der Waals surface area contributed by atoms with Gasteiger partial charge in [-0.15, -0.1) is 11.3 Å². The molecule has 28 heavy (non-hydrogen) atoms. The van der Waals surface area contributed by atoms with Crippen molar-refractivity contribution < 1.29 is 9.59 Å². The molecule has 138 valence electrons. The van der Waals surface area contributed by atoms with E-state index in [1.165, 1.54) is 17.4 Å². The van der Waals surface area contributed by atoms with Crippen molar-refractivity contribution in [3.8, 4) is 11.1 Å². The second-order valence-electron chi connectivity index (χ2n) is 6.39.